The zero-order valence-electron chi connectivity index (χ0n) is 18.8. The van der Waals surface area contributed by atoms with Crippen LogP contribution in [0.5, 0.6) is 0 Å². The van der Waals surface area contributed by atoms with Crippen LogP contribution in [0.4, 0.5) is 0 Å². The lowest BCUT2D eigenvalue weighted by Gasteiger charge is -2.33. The summed E-state index contributed by atoms with van der Waals surface area (Å²) < 4.78 is 24.0. The van der Waals surface area contributed by atoms with Crippen molar-refractivity contribution in [1.82, 2.24) is 19.7 Å². The van der Waals surface area contributed by atoms with Crippen LogP contribution in [0.1, 0.15) is 37.4 Å². The average Bonchev–Trinajstić information content (AvgIpc) is 3.31. The van der Waals surface area contributed by atoms with Crippen molar-refractivity contribution in [2.45, 2.75) is 44.8 Å². The van der Waals surface area contributed by atoms with E-state index >= 15 is 0 Å². The number of nitrogens with zero attached hydrogens (tertiary/aromatic N) is 4. The van der Waals surface area contributed by atoms with E-state index in [9.17, 15) is 14.4 Å². The van der Waals surface area contributed by atoms with Crippen molar-refractivity contribution in [3.8, 4) is 0 Å². The maximum atomic E-state index is 12.5. The zero-order valence-corrected chi connectivity index (χ0v) is 20.3. The molecule has 3 aromatic rings. The lowest BCUT2D eigenvalue weighted by atomic mass is 9.94. The Labute approximate surface area is 209 Å². The molecule has 0 bridgehead atoms. The van der Waals surface area contributed by atoms with Crippen LogP contribution in [0.3, 0.4) is 0 Å². The van der Waals surface area contributed by atoms with Crippen LogP contribution in [-0.2, 0) is 28.5 Å². The first-order valence-electron chi connectivity index (χ1n) is 10.4. The molecule has 0 aliphatic carbocycles. The zero-order chi connectivity index (χ0) is 25.3. The molecule has 13 heteroatoms. The minimum atomic E-state index is -1.56. The molecule has 11 nitrogen and oxygen atoms in total. The van der Waals surface area contributed by atoms with Crippen molar-refractivity contribution in [2.75, 3.05) is 6.61 Å². The first-order chi connectivity index (χ1) is 16.6. The van der Waals surface area contributed by atoms with E-state index in [1.807, 2.05) is 0 Å². The lowest BCUT2D eigenvalue weighted by Crippen LogP contribution is -2.51. The van der Waals surface area contributed by atoms with E-state index in [-0.39, 0.29) is 22.7 Å². The molecular weight excluding hydrogens is 503 g/mol. The minimum Gasteiger partial charge on any atom is -0.459 e. The highest BCUT2D eigenvalue weighted by Crippen LogP contribution is 2.43. The van der Waals surface area contributed by atoms with E-state index in [1.165, 1.54) is 31.6 Å². The normalized spacial score (nSPS) is 23.7. The topological polar surface area (TPSA) is 132 Å². The summed E-state index contributed by atoms with van der Waals surface area (Å²) in [5, 5.41) is 4.56. The molecule has 1 aromatic carbocycles. The molecule has 0 spiro atoms. The fourth-order valence-electron chi connectivity index (χ4n) is 3.88. The second-order valence-corrected chi connectivity index (χ2v) is 8.59. The van der Waals surface area contributed by atoms with Crippen molar-refractivity contribution in [1.29, 1.82) is 0 Å². The van der Waals surface area contributed by atoms with Gasteiger partial charge in [-0.2, -0.15) is 10.1 Å². The maximum Gasteiger partial charge on any atom is 0.338 e. The second kappa shape index (κ2) is 9.76. The molecule has 4 atom stereocenters. The van der Waals surface area contributed by atoms with Crippen molar-refractivity contribution < 1.29 is 33.3 Å². The smallest absolute Gasteiger partial charge is 0.338 e. The number of hydrogen-bond acceptors (Lipinski definition) is 10. The van der Waals surface area contributed by atoms with Crippen LogP contribution in [0.25, 0.3) is 11.0 Å². The maximum absolute atomic E-state index is 12.5. The molecular formula is C22H20Cl2N4O7. The van der Waals surface area contributed by atoms with E-state index in [4.69, 9.17) is 42.1 Å². The third-order valence-electron chi connectivity index (χ3n) is 5.42. The van der Waals surface area contributed by atoms with Crippen LogP contribution >= 0.6 is 23.2 Å². The molecule has 0 N–H and O–H groups in total. The number of ether oxygens (including phenoxy) is 4. The molecule has 35 heavy (non-hydrogen) atoms. The molecule has 1 fully saturated rings. The molecule has 1 aliphatic rings. The summed E-state index contributed by atoms with van der Waals surface area (Å²) in [5.74, 6) is -1.93. The molecule has 0 saturated carbocycles. The summed E-state index contributed by atoms with van der Waals surface area (Å²) in [6.07, 6.45) is -1.97. The van der Waals surface area contributed by atoms with Crippen LogP contribution < -0.4 is 0 Å². The molecule has 3 heterocycles. The molecule has 184 valence electrons. The summed E-state index contributed by atoms with van der Waals surface area (Å²) in [6.45, 7) is 3.60. The Kier molecular flexibility index (Phi) is 6.93. The van der Waals surface area contributed by atoms with E-state index in [1.54, 1.807) is 30.3 Å². The van der Waals surface area contributed by atoms with Crippen molar-refractivity contribution in [3.63, 3.8) is 0 Å². The fourth-order valence-corrected chi connectivity index (χ4v) is 4.30. The lowest BCUT2D eigenvalue weighted by molar-refractivity contribution is -0.182. The SMILES string of the molecule is CC(=O)O[C@H]1[C@H](n2ncc3c(Cl)nc(Cl)nc32)O[C@H](COC(=O)c2ccccc2)[C@@]1(C)OC(C)=O. The van der Waals surface area contributed by atoms with Gasteiger partial charge < -0.3 is 18.9 Å². The van der Waals surface area contributed by atoms with Gasteiger partial charge in [-0.05, 0) is 30.7 Å². The number of fused-ring (bicyclic) bond motifs is 1. The van der Waals surface area contributed by atoms with E-state index in [2.05, 4.69) is 15.1 Å². The molecule has 1 saturated heterocycles. The predicted molar refractivity (Wildman–Crippen MR) is 122 cm³/mol. The Hall–Kier alpha value is -3.28. The molecule has 4 rings (SSSR count). The Bertz CT molecular complexity index is 1290. The van der Waals surface area contributed by atoms with Crippen LogP contribution in [0.15, 0.2) is 36.5 Å². The number of carbonyl (C=O) groups excluding carboxylic acids is 3. The highest BCUT2D eigenvalue weighted by molar-refractivity contribution is 6.35. The van der Waals surface area contributed by atoms with Gasteiger partial charge >= 0.3 is 17.9 Å². The highest BCUT2D eigenvalue weighted by atomic mass is 35.5. The quantitative estimate of drug-likeness (QED) is 0.205. The van der Waals surface area contributed by atoms with Crippen molar-refractivity contribution in [2.24, 2.45) is 0 Å². The Morgan fingerprint density at radius 3 is 2.49 bits per heavy atom. The average molecular weight is 523 g/mol. The summed E-state index contributed by atoms with van der Waals surface area (Å²) >= 11 is 12.1. The number of esters is 3. The number of halogens is 2. The Balaban J connectivity index is 1.72. The third-order valence-corrected chi connectivity index (χ3v) is 5.88. The first-order valence-corrected chi connectivity index (χ1v) is 11.2. The summed E-state index contributed by atoms with van der Waals surface area (Å²) in [4.78, 5) is 44.6. The first kappa shape index (κ1) is 24.8. The summed E-state index contributed by atoms with van der Waals surface area (Å²) in [7, 11) is 0. The third kappa shape index (κ3) is 4.93. The molecule has 0 unspecified atom stereocenters. The van der Waals surface area contributed by atoms with Crippen LogP contribution in [0, 0.1) is 0 Å². The van der Waals surface area contributed by atoms with E-state index < -0.39 is 41.9 Å². The van der Waals surface area contributed by atoms with Gasteiger partial charge in [0, 0.05) is 13.8 Å². The molecule has 1 aliphatic heterocycles. The number of hydrogen-bond donors (Lipinski definition) is 0. The van der Waals surface area contributed by atoms with Gasteiger partial charge in [-0.3, -0.25) is 9.59 Å². The molecule has 0 radical (unpaired) electrons. The van der Waals surface area contributed by atoms with Gasteiger partial charge in [-0.1, -0.05) is 29.8 Å². The van der Waals surface area contributed by atoms with Gasteiger partial charge in [0.25, 0.3) is 0 Å². The van der Waals surface area contributed by atoms with Crippen LogP contribution in [0.2, 0.25) is 10.4 Å². The van der Waals surface area contributed by atoms with Gasteiger partial charge in [-0.15, -0.1) is 0 Å². The van der Waals surface area contributed by atoms with Gasteiger partial charge in [0.2, 0.25) is 5.28 Å². The van der Waals surface area contributed by atoms with Gasteiger partial charge in [0.05, 0.1) is 17.1 Å². The van der Waals surface area contributed by atoms with E-state index in [0.717, 1.165) is 0 Å². The molecule has 2 aromatic heterocycles. The number of benzene rings is 1. The van der Waals surface area contributed by atoms with Crippen molar-refractivity contribution >= 4 is 52.1 Å². The van der Waals surface area contributed by atoms with Crippen molar-refractivity contribution in [3.05, 3.63) is 52.5 Å². The minimum absolute atomic E-state index is 0.0596. The van der Waals surface area contributed by atoms with E-state index in [0.29, 0.717) is 10.9 Å². The molecule has 0 amide bonds. The number of carbonyl (C=O) groups is 3. The van der Waals surface area contributed by atoms with Gasteiger partial charge in [0.15, 0.2) is 23.6 Å². The monoisotopic (exact) mass is 522 g/mol. The van der Waals surface area contributed by atoms with Gasteiger partial charge in [-0.25, -0.2) is 14.5 Å². The van der Waals surface area contributed by atoms with Crippen LogP contribution in [-0.4, -0.2) is 62.1 Å². The second-order valence-electron chi connectivity index (χ2n) is 7.90. The number of rotatable bonds is 6. The number of aromatic nitrogens is 4. The summed E-state index contributed by atoms with van der Waals surface area (Å²) in [5.41, 5.74) is -1.03. The summed E-state index contributed by atoms with van der Waals surface area (Å²) in [6, 6.07) is 8.34. The fraction of sp³-hybridized carbons (Fsp3) is 0.364. The highest BCUT2D eigenvalue weighted by Gasteiger charge is 2.60. The predicted octanol–water partition coefficient (Wildman–Crippen LogP) is 3.14. The Morgan fingerprint density at radius 1 is 1.11 bits per heavy atom. The van der Waals surface area contributed by atoms with Gasteiger partial charge in [0.1, 0.15) is 17.9 Å². The largest absolute Gasteiger partial charge is 0.459 e. The standard InChI is InChI=1S/C22H20Cl2N4O7/c1-11(29)33-16-19(28-18-14(9-25-28)17(23)26-21(24)27-18)34-15(22(16,3)35-12(2)30)10-32-20(31)13-7-5-4-6-8-13/h4-9,15-16,19H,10H2,1-3H3/t15-,16+,19-,22-/m1/s1. The Morgan fingerprint density at radius 2 is 1.83 bits per heavy atom.